The van der Waals surface area contributed by atoms with Gasteiger partial charge in [-0.2, -0.15) is 0 Å². The van der Waals surface area contributed by atoms with E-state index in [0.717, 1.165) is 13.0 Å². The Kier molecular flexibility index (Phi) is 4.27. The number of fused-ring (bicyclic) bond motifs is 1. The van der Waals surface area contributed by atoms with E-state index in [2.05, 4.69) is 16.8 Å². The zero-order chi connectivity index (χ0) is 17.4. The summed E-state index contributed by atoms with van der Waals surface area (Å²) in [5.74, 6) is 0.670. The summed E-state index contributed by atoms with van der Waals surface area (Å²) in [6, 6.07) is 8.66. The molecule has 1 aliphatic heterocycles. The Morgan fingerprint density at radius 3 is 2.72 bits per heavy atom. The Balaban J connectivity index is 1.42. The van der Waals surface area contributed by atoms with E-state index in [1.807, 2.05) is 11.3 Å². The number of benzene rings is 1. The van der Waals surface area contributed by atoms with Crippen molar-refractivity contribution >= 4 is 28.6 Å². The van der Waals surface area contributed by atoms with Crippen LogP contribution in [0.25, 0.3) is 0 Å². The van der Waals surface area contributed by atoms with Crippen LogP contribution in [-0.2, 0) is 11.2 Å². The number of hydrogen-bond donors (Lipinski definition) is 2. The largest absolute Gasteiger partial charge is 0.321 e. The molecule has 0 saturated heterocycles. The molecule has 7 heteroatoms. The van der Waals surface area contributed by atoms with Crippen molar-refractivity contribution in [1.29, 1.82) is 0 Å². The van der Waals surface area contributed by atoms with Crippen LogP contribution in [0.1, 0.15) is 29.3 Å². The van der Waals surface area contributed by atoms with E-state index in [1.165, 1.54) is 40.3 Å². The summed E-state index contributed by atoms with van der Waals surface area (Å²) in [7, 11) is 0. The molecule has 1 amide bonds. The Morgan fingerprint density at radius 2 is 2.04 bits per heavy atom. The summed E-state index contributed by atoms with van der Waals surface area (Å²) in [6.07, 6.45) is 3.55. The lowest BCUT2D eigenvalue weighted by Crippen LogP contribution is -3.14. The van der Waals surface area contributed by atoms with Crippen LogP contribution in [0.2, 0.25) is 0 Å². The number of nitro groups is 1. The van der Waals surface area contributed by atoms with Gasteiger partial charge in [0.1, 0.15) is 6.04 Å². The van der Waals surface area contributed by atoms with E-state index in [0.29, 0.717) is 24.2 Å². The molecule has 25 heavy (non-hydrogen) atoms. The first-order valence-electron chi connectivity index (χ1n) is 8.57. The van der Waals surface area contributed by atoms with Gasteiger partial charge >= 0.3 is 0 Å². The standard InChI is InChI=1S/C18H19N3O3S/c22-17(19-13-3-5-14(6-4-13)21(23)24)11-20-9-7-16-15(8-10-25-16)18(20)12-1-2-12/h3-6,8,10,12,18H,1-2,7,9,11H2,(H,19,22)/p+1/t18-/m1/s1. The molecule has 2 N–H and O–H groups in total. The summed E-state index contributed by atoms with van der Waals surface area (Å²) < 4.78 is 0. The normalized spacial score (nSPS) is 22.2. The van der Waals surface area contributed by atoms with Crippen LogP contribution in [-0.4, -0.2) is 23.9 Å². The molecule has 0 radical (unpaired) electrons. The second-order valence-electron chi connectivity index (χ2n) is 6.80. The van der Waals surface area contributed by atoms with E-state index < -0.39 is 4.92 Å². The second kappa shape index (κ2) is 6.57. The Morgan fingerprint density at radius 1 is 1.28 bits per heavy atom. The number of rotatable bonds is 5. The van der Waals surface area contributed by atoms with E-state index in [9.17, 15) is 14.9 Å². The highest BCUT2D eigenvalue weighted by Crippen LogP contribution is 2.42. The Bertz CT molecular complexity index is 798. The number of quaternary nitrogens is 1. The molecule has 0 spiro atoms. The molecular weight excluding hydrogens is 338 g/mol. The fraction of sp³-hybridized carbons (Fsp3) is 0.389. The SMILES string of the molecule is O=C(C[NH+]1CCc2sccc2[C@H]1C1CC1)Nc1ccc([N+](=O)[O-])cc1. The number of nitrogens with zero attached hydrogens (tertiary/aromatic N) is 1. The molecule has 4 rings (SSSR count). The molecule has 6 nitrogen and oxygen atoms in total. The maximum Gasteiger partial charge on any atom is 0.279 e. The van der Waals surface area contributed by atoms with Crippen LogP contribution in [0, 0.1) is 16.0 Å². The number of carbonyl (C=O) groups is 1. The molecule has 1 saturated carbocycles. The fourth-order valence-electron chi connectivity index (χ4n) is 3.77. The summed E-state index contributed by atoms with van der Waals surface area (Å²) in [6.45, 7) is 1.43. The summed E-state index contributed by atoms with van der Waals surface area (Å²) in [5.41, 5.74) is 2.07. The van der Waals surface area contributed by atoms with Crippen molar-refractivity contribution in [2.24, 2.45) is 5.92 Å². The van der Waals surface area contributed by atoms with Crippen molar-refractivity contribution < 1.29 is 14.6 Å². The highest BCUT2D eigenvalue weighted by Gasteiger charge is 2.43. The van der Waals surface area contributed by atoms with E-state index in [-0.39, 0.29) is 11.6 Å². The molecule has 2 aliphatic rings. The predicted molar refractivity (Wildman–Crippen MR) is 95.9 cm³/mol. The van der Waals surface area contributed by atoms with Crippen LogP contribution < -0.4 is 10.2 Å². The monoisotopic (exact) mass is 358 g/mol. The number of nitrogens with one attached hydrogen (secondary N) is 2. The van der Waals surface area contributed by atoms with Gasteiger partial charge in [-0.05, 0) is 36.4 Å². The average Bonchev–Trinajstić information content (AvgIpc) is 3.31. The topological polar surface area (TPSA) is 76.7 Å². The molecule has 2 aromatic rings. The maximum absolute atomic E-state index is 12.5. The maximum atomic E-state index is 12.5. The van der Waals surface area contributed by atoms with Crippen molar-refractivity contribution in [1.82, 2.24) is 0 Å². The quantitative estimate of drug-likeness (QED) is 0.635. The van der Waals surface area contributed by atoms with E-state index in [4.69, 9.17) is 0 Å². The lowest BCUT2D eigenvalue weighted by atomic mass is 9.96. The molecule has 130 valence electrons. The van der Waals surface area contributed by atoms with Gasteiger partial charge in [-0.15, -0.1) is 11.3 Å². The van der Waals surface area contributed by atoms with E-state index in [1.54, 1.807) is 12.1 Å². The molecule has 1 aliphatic carbocycles. The van der Waals surface area contributed by atoms with Gasteiger partial charge in [-0.25, -0.2) is 0 Å². The van der Waals surface area contributed by atoms with Gasteiger partial charge in [-0.1, -0.05) is 0 Å². The summed E-state index contributed by atoms with van der Waals surface area (Å²) >= 11 is 1.83. The van der Waals surface area contributed by atoms with Gasteiger partial charge in [-0.3, -0.25) is 14.9 Å². The molecule has 1 unspecified atom stereocenters. The van der Waals surface area contributed by atoms with Gasteiger partial charge in [0, 0.05) is 40.6 Å². The Labute approximate surface area is 149 Å². The first-order valence-corrected chi connectivity index (χ1v) is 9.45. The van der Waals surface area contributed by atoms with E-state index >= 15 is 0 Å². The average molecular weight is 358 g/mol. The van der Waals surface area contributed by atoms with Crippen molar-refractivity contribution in [2.75, 3.05) is 18.4 Å². The van der Waals surface area contributed by atoms with Crippen LogP contribution >= 0.6 is 11.3 Å². The van der Waals surface area contributed by atoms with Crippen molar-refractivity contribution in [3.8, 4) is 0 Å². The third-order valence-corrected chi connectivity index (χ3v) is 6.07. The smallest absolute Gasteiger partial charge is 0.279 e. The Hall–Kier alpha value is -2.25. The lowest BCUT2D eigenvalue weighted by Gasteiger charge is -2.32. The third-order valence-electron chi connectivity index (χ3n) is 5.07. The van der Waals surface area contributed by atoms with Crippen molar-refractivity contribution in [3.63, 3.8) is 0 Å². The van der Waals surface area contributed by atoms with Crippen molar-refractivity contribution in [3.05, 3.63) is 56.3 Å². The minimum atomic E-state index is -0.442. The van der Waals surface area contributed by atoms with Gasteiger partial charge < -0.3 is 10.2 Å². The second-order valence-corrected chi connectivity index (χ2v) is 7.80. The van der Waals surface area contributed by atoms with Gasteiger partial charge in [0.25, 0.3) is 11.6 Å². The molecule has 2 atom stereocenters. The van der Waals surface area contributed by atoms with Gasteiger partial charge in [0.15, 0.2) is 6.54 Å². The van der Waals surface area contributed by atoms with Crippen LogP contribution in [0.3, 0.4) is 0 Å². The van der Waals surface area contributed by atoms with Crippen LogP contribution in [0.4, 0.5) is 11.4 Å². The molecular formula is C18H20N3O3S+. The number of amides is 1. The molecule has 1 aromatic heterocycles. The minimum Gasteiger partial charge on any atom is -0.321 e. The highest BCUT2D eigenvalue weighted by atomic mass is 32.1. The summed E-state index contributed by atoms with van der Waals surface area (Å²) in [4.78, 5) is 25.6. The molecule has 0 bridgehead atoms. The van der Waals surface area contributed by atoms with Crippen LogP contribution in [0.5, 0.6) is 0 Å². The number of nitro benzene ring substituents is 1. The van der Waals surface area contributed by atoms with Gasteiger partial charge in [0.05, 0.1) is 11.5 Å². The number of non-ortho nitro benzene ring substituents is 1. The zero-order valence-corrected chi connectivity index (χ0v) is 14.6. The fourth-order valence-corrected chi connectivity index (χ4v) is 4.70. The highest BCUT2D eigenvalue weighted by molar-refractivity contribution is 7.10. The minimum absolute atomic E-state index is 0.0263. The zero-order valence-electron chi connectivity index (χ0n) is 13.7. The first kappa shape index (κ1) is 16.2. The lowest BCUT2D eigenvalue weighted by molar-refractivity contribution is -0.928. The molecule has 1 fully saturated rings. The molecule has 1 aromatic carbocycles. The number of anilines is 1. The van der Waals surface area contributed by atoms with Gasteiger partial charge in [0.2, 0.25) is 0 Å². The number of carbonyl (C=O) groups excluding carboxylic acids is 1. The summed E-state index contributed by atoms with van der Waals surface area (Å²) in [5, 5.41) is 15.7. The van der Waals surface area contributed by atoms with Crippen LogP contribution in [0.15, 0.2) is 35.7 Å². The predicted octanol–water partition coefficient (Wildman–Crippen LogP) is 2.19. The molecule has 2 heterocycles. The number of thiophene rings is 1. The first-order chi connectivity index (χ1) is 12.1. The third kappa shape index (κ3) is 3.43. The number of hydrogen-bond acceptors (Lipinski definition) is 4. The van der Waals surface area contributed by atoms with Crippen molar-refractivity contribution in [2.45, 2.75) is 25.3 Å².